The lowest BCUT2D eigenvalue weighted by Gasteiger charge is -2.34. The van der Waals surface area contributed by atoms with Crippen molar-refractivity contribution in [2.45, 2.75) is 33.6 Å². The number of hydrogen-bond acceptors (Lipinski definition) is 6. The highest BCUT2D eigenvalue weighted by atomic mass is 16.5. The van der Waals surface area contributed by atoms with Gasteiger partial charge in [0.15, 0.2) is 0 Å². The van der Waals surface area contributed by atoms with Gasteiger partial charge in [-0.25, -0.2) is 4.79 Å². The molecule has 1 aliphatic rings. The number of aryl methyl sites for hydroxylation is 2. The van der Waals surface area contributed by atoms with Gasteiger partial charge in [0.05, 0.1) is 25.5 Å². The summed E-state index contributed by atoms with van der Waals surface area (Å²) in [6.07, 6.45) is 0. The molecule has 0 saturated carbocycles. The number of rotatable bonds is 9. The number of ether oxygens (including phenoxy) is 3. The first kappa shape index (κ1) is 30.8. The molecule has 1 aliphatic heterocycles. The summed E-state index contributed by atoms with van der Waals surface area (Å²) in [5, 5.41) is 0. The second-order valence-corrected chi connectivity index (χ2v) is 11.6. The van der Waals surface area contributed by atoms with E-state index >= 15 is 0 Å². The fourth-order valence-electron chi connectivity index (χ4n) is 6.33. The van der Waals surface area contributed by atoms with E-state index in [2.05, 4.69) is 110 Å². The van der Waals surface area contributed by atoms with Crippen LogP contribution in [0.15, 0.2) is 103 Å². The molecule has 234 valence electrons. The third-order valence-electron chi connectivity index (χ3n) is 8.78. The molecular weight excluding hydrogens is 572 g/mol. The first-order valence-corrected chi connectivity index (χ1v) is 15.8. The molecule has 0 fully saturated rings. The third kappa shape index (κ3) is 5.67. The molecule has 0 N–H and O–H groups in total. The maximum atomic E-state index is 13.1. The molecule has 0 bridgehead atoms. The van der Waals surface area contributed by atoms with E-state index in [-0.39, 0.29) is 11.9 Å². The molecule has 0 aromatic heterocycles. The number of hydrogen-bond donors (Lipinski definition) is 0. The van der Waals surface area contributed by atoms with Crippen molar-refractivity contribution in [3.05, 3.63) is 137 Å². The molecule has 0 amide bonds. The molecule has 0 aliphatic carbocycles. The standard InChI is InChI=1S/C40H40N2O4/c1-7-41(8-2)30-21-22-33-36(23-30)46-37-25-38(44-5)35(24-34(37)39(33)31-11-9-10-12-32(31)40(43)45-6)42(28-17-13-26(3)14-18-28)29-19-15-27(4)16-20-29/h9-25,39H,7-8H2,1-6H3. The normalized spacial score (nSPS) is 13.2. The highest BCUT2D eigenvalue weighted by Gasteiger charge is 2.34. The van der Waals surface area contributed by atoms with Crippen molar-refractivity contribution in [3.63, 3.8) is 0 Å². The Hall–Kier alpha value is -5.23. The van der Waals surface area contributed by atoms with E-state index in [0.29, 0.717) is 17.1 Å². The first-order valence-electron chi connectivity index (χ1n) is 15.8. The first-order chi connectivity index (χ1) is 22.4. The van der Waals surface area contributed by atoms with E-state index < -0.39 is 0 Å². The monoisotopic (exact) mass is 612 g/mol. The molecule has 1 heterocycles. The summed E-state index contributed by atoms with van der Waals surface area (Å²) in [6, 6.07) is 35.1. The number of anilines is 4. The molecule has 5 aromatic rings. The molecule has 1 unspecified atom stereocenters. The number of benzene rings is 5. The van der Waals surface area contributed by atoms with Crippen LogP contribution in [0.4, 0.5) is 22.7 Å². The number of carbonyl (C=O) groups excluding carboxylic acids is 1. The van der Waals surface area contributed by atoms with Crippen LogP contribution in [0.3, 0.4) is 0 Å². The molecule has 0 saturated heterocycles. The smallest absolute Gasteiger partial charge is 0.338 e. The lowest BCUT2D eigenvalue weighted by atomic mass is 9.80. The van der Waals surface area contributed by atoms with Crippen LogP contribution < -0.4 is 19.3 Å². The summed E-state index contributed by atoms with van der Waals surface area (Å²) in [5.74, 6) is 1.43. The highest BCUT2D eigenvalue weighted by Crippen LogP contribution is 2.53. The predicted molar refractivity (Wildman–Crippen MR) is 186 cm³/mol. The van der Waals surface area contributed by atoms with Gasteiger partial charge < -0.3 is 24.0 Å². The fraction of sp³-hybridized carbons (Fsp3) is 0.225. The van der Waals surface area contributed by atoms with Crippen molar-refractivity contribution in [1.82, 2.24) is 0 Å². The molecular formula is C40H40N2O4. The summed E-state index contributed by atoms with van der Waals surface area (Å²) in [6.45, 7) is 10.2. The van der Waals surface area contributed by atoms with Gasteiger partial charge in [0, 0.05) is 59.3 Å². The molecule has 1 atom stereocenters. The van der Waals surface area contributed by atoms with Gasteiger partial charge in [0.25, 0.3) is 0 Å². The SMILES string of the molecule is CCN(CC)c1ccc2c(c1)Oc1cc(OC)c(N(c3ccc(C)cc3)c3ccc(C)cc3)cc1C2c1ccccc1C(=O)OC. The Morgan fingerprint density at radius 2 is 1.28 bits per heavy atom. The Kier molecular flexibility index (Phi) is 8.71. The maximum absolute atomic E-state index is 13.1. The molecule has 0 spiro atoms. The number of methoxy groups -OCH3 is 2. The van der Waals surface area contributed by atoms with Crippen molar-refractivity contribution in [2.75, 3.05) is 37.1 Å². The minimum atomic E-state index is -0.375. The number of carbonyl (C=O) groups is 1. The second-order valence-electron chi connectivity index (χ2n) is 11.6. The van der Waals surface area contributed by atoms with Gasteiger partial charge in [-0.2, -0.15) is 0 Å². The highest BCUT2D eigenvalue weighted by molar-refractivity contribution is 5.92. The Morgan fingerprint density at radius 1 is 0.696 bits per heavy atom. The topological polar surface area (TPSA) is 51.2 Å². The third-order valence-corrected chi connectivity index (χ3v) is 8.78. The van der Waals surface area contributed by atoms with Gasteiger partial charge in [-0.3, -0.25) is 0 Å². The lowest BCUT2D eigenvalue weighted by molar-refractivity contribution is 0.0599. The summed E-state index contributed by atoms with van der Waals surface area (Å²) in [5.41, 5.74) is 9.59. The zero-order valence-electron chi connectivity index (χ0n) is 27.3. The largest absolute Gasteiger partial charge is 0.494 e. The van der Waals surface area contributed by atoms with Crippen LogP contribution >= 0.6 is 0 Å². The Morgan fingerprint density at radius 3 is 1.87 bits per heavy atom. The second kappa shape index (κ2) is 13.0. The van der Waals surface area contributed by atoms with E-state index in [9.17, 15) is 4.79 Å². The minimum Gasteiger partial charge on any atom is -0.494 e. The summed E-state index contributed by atoms with van der Waals surface area (Å²) < 4.78 is 18.0. The fourth-order valence-corrected chi connectivity index (χ4v) is 6.33. The molecule has 6 nitrogen and oxygen atoms in total. The van der Waals surface area contributed by atoms with E-state index in [1.807, 2.05) is 30.3 Å². The van der Waals surface area contributed by atoms with Crippen LogP contribution in [0, 0.1) is 13.8 Å². The average Bonchev–Trinajstić information content (AvgIpc) is 3.09. The zero-order valence-corrected chi connectivity index (χ0v) is 27.3. The van der Waals surface area contributed by atoms with E-state index in [0.717, 1.165) is 58.3 Å². The van der Waals surface area contributed by atoms with Gasteiger partial charge in [-0.15, -0.1) is 0 Å². The average molecular weight is 613 g/mol. The molecule has 46 heavy (non-hydrogen) atoms. The van der Waals surface area contributed by atoms with Crippen LogP contribution in [-0.4, -0.2) is 33.3 Å². The molecule has 6 heteroatoms. The van der Waals surface area contributed by atoms with Gasteiger partial charge in [-0.05, 0) is 75.7 Å². The van der Waals surface area contributed by atoms with Crippen molar-refractivity contribution in [1.29, 1.82) is 0 Å². The van der Waals surface area contributed by atoms with Crippen molar-refractivity contribution < 1.29 is 19.0 Å². The Balaban J connectivity index is 1.62. The number of fused-ring (bicyclic) bond motifs is 2. The van der Waals surface area contributed by atoms with Crippen LogP contribution in [-0.2, 0) is 4.74 Å². The van der Waals surface area contributed by atoms with Gasteiger partial charge in [0.2, 0.25) is 0 Å². The molecule has 6 rings (SSSR count). The van der Waals surface area contributed by atoms with Crippen molar-refractivity contribution in [2.24, 2.45) is 0 Å². The van der Waals surface area contributed by atoms with E-state index in [1.54, 1.807) is 7.11 Å². The quantitative estimate of drug-likeness (QED) is 0.152. The Bertz CT molecular complexity index is 1820. The van der Waals surface area contributed by atoms with E-state index in [1.165, 1.54) is 18.2 Å². The maximum Gasteiger partial charge on any atom is 0.338 e. The molecule has 0 radical (unpaired) electrons. The number of esters is 1. The van der Waals surface area contributed by atoms with Crippen LogP contribution in [0.25, 0.3) is 0 Å². The van der Waals surface area contributed by atoms with Gasteiger partial charge in [-0.1, -0.05) is 59.7 Å². The predicted octanol–water partition coefficient (Wildman–Crippen LogP) is 9.70. The Labute approximate surface area is 271 Å². The minimum absolute atomic E-state index is 0.303. The zero-order chi connectivity index (χ0) is 32.4. The molecule has 5 aromatic carbocycles. The number of nitrogens with zero attached hydrogens (tertiary/aromatic N) is 2. The summed E-state index contributed by atoms with van der Waals surface area (Å²) in [4.78, 5) is 17.6. The van der Waals surface area contributed by atoms with Gasteiger partial charge in [0.1, 0.15) is 17.2 Å². The summed E-state index contributed by atoms with van der Waals surface area (Å²) >= 11 is 0. The van der Waals surface area contributed by atoms with Crippen LogP contribution in [0.2, 0.25) is 0 Å². The summed E-state index contributed by atoms with van der Waals surface area (Å²) in [7, 11) is 3.11. The lowest BCUT2D eigenvalue weighted by Crippen LogP contribution is -2.22. The van der Waals surface area contributed by atoms with E-state index in [4.69, 9.17) is 14.2 Å². The van der Waals surface area contributed by atoms with Crippen molar-refractivity contribution in [3.8, 4) is 17.2 Å². The van der Waals surface area contributed by atoms with Crippen LogP contribution in [0.5, 0.6) is 17.2 Å². The van der Waals surface area contributed by atoms with Crippen molar-refractivity contribution >= 4 is 28.7 Å². The van der Waals surface area contributed by atoms with Gasteiger partial charge >= 0.3 is 5.97 Å². The van der Waals surface area contributed by atoms with Crippen LogP contribution in [0.1, 0.15) is 57.9 Å².